The number of esters is 1. The molecule has 0 spiro atoms. The topological polar surface area (TPSA) is 61.8 Å². The number of carbonyl (C=O) groups excluding carboxylic acids is 2. The summed E-state index contributed by atoms with van der Waals surface area (Å²) < 4.78 is 16.7. The fourth-order valence-electron chi connectivity index (χ4n) is 3.96. The Morgan fingerprint density at radius 3 is 2.61 bits per heavy atom. The van der Waals surface area contributed by atoms with Crippen LogP contribution in [0.2, 0.25) is 0 Å². The Labute approximate surface area is 196 Å². The molecule has 0 heterocycles. The zero-order valence-corrected chi connectivity index (χ0v) is 19.3. The lowest BCUT2D eigenvalue weighted by Gasteiger charge is -2.21. The van der Waals surface area contributed by atoms with Crippen molar-refractivity contribution >= 4 is 17.8 Å². The first-order valence-corrected chi connectivity index (χ1v) is 11.5. The minimum absolute atomic E-state index is 0.213. The van der Waals surface area contributed by atoms with Crippen LogP contribution in [0.15, 0.2) is 55.1 Å². The van der Waals surface area contributed by atoms with Gasteiger partial charge in [-0.3, -0.25) is 4.79 Å². The average Bonchev–Trinajstić information content (AvgIpc) is 2.83. The molecule has 0 radical (unpaired) electrons. The lowest BCUT2D eigenvalue weighted by Crippen LogP contribution is -2.14. The number of allylic oxidation sites excluding steroid dienone is 1. The predicted molar refractivity (Wildman–Crippen MR) is 130 cm³/mol. The molecule has 0 aromatic heterocycles. The predicted octanol–water partition coefficient (Wildman–Crippen LogP) is 5.75. The van der Waals surface area contributed by atoms with Crippen LogP contribution >= 0.6 is 0 Å². The van der Waals surface area contributed by atoms with E-state index in [1.807, 2.05) is 42.5 Å². The first kappa shape index (κ1) is 24.3. The van der Waals surface area contributed by atoms with E-state index in [0.29, 0.717) is 19.6 Å². The van der Waals surface area contributed by atoms with Crippen LogP contribution in [0.4, 0.5) is 0 Å². The van der Waals surface area contributed by atoms with Crippen LogP contribution in [0.1, 0.15) is 59.2 Å². The van der Waals surface area contributed by atoms with Gasteiger partial charge in [0.15, 0.2) is 5.78 Å². The van der Waals surface area contributed by atoms with Crippen LogP contribution in [0.5, 0.6) is 11.5 Å². The number of fused-ring (bicyclic) bond motifs is 1. The number of benzene rings is 2. The number of para-hydroxylation sites is 1. The molecule has 5 nitrogen and oxygen atoms in total. The first-order chi connectivity index (χ1) is 16.1. The summed E-state index contributed by atoms with van der Waals surface area (Å²) in [5, 5.41) is 0. The Kier molecular flexibility index (Phi) is 9.31. The van der Waals surface area contributed by atoms with E-state index in [4.69, 9.17) is 9.47 Å². The molecular formula is C28H32O5. The molecule has 0 saturated heterocycles. The van der Waals surface area contributed by atoms with E-state index in [-0.39, 0.29) is 5.78 Å². The molecule has 2 aromatic rings. The van der Waals surface area contributed by atoms with Gasteiger partial charge in [-0.15, -0.1) is 6.58 Å². The Hall–Kier alpha value is -3.34. The van der Waals surface area contributed by atoms with E-state index >= 15 is 0 Å². The molecule has 2 aromatic carbocycles. The van der Waals surface area contributed by atoms with Gasteiger partial charge in [-0.25, -0.2) is 4.79 Å². The van der Waals surface area contributed by atoms with E-state index in [1.54, 1.807) is 6.08 Å². The minimum Gasteiger partial charge on any atom is -0.493 e. The number of carbonyl (C=O) groups is 2. The minimum atomic E-state index is -0.398. The molecule has 1 aliphatic rings. The van der Waals surface area contributed by atoms with Gasteiger partial charge < -0.3 is 14.2 Å². The molecule has 1 aliphatic carbocycles. The second-order valence-electron chi connectivity index (χ2n) is 8.00. The molecule has 174 valence electrons. The second-order valence-corrected chi connectivity index (χ2v) is 8.00. The monoisotopic (exact) mass is 448 g/mol. The van der Waals surface area contributed by atoms with Crippen LogP contribution in [0, 0.1) is 0 Å². The van der Waals surface area contributed by atoms with Gasteiger partial charge in [0.25, 0.3) is 0 Å². The normalized spacial score (nSPS) is 12.9. The standard InChI is InChI=1S/C28H32O5/c1-3-10-22-15-17-23-24(12-9-13-25(23)29)28(22)33-20-8-4-7-19-32-26-14-6-5-11-21(26)16-18-27(30)31-2/h3,5-6,11,14-18H,1,4,7-10,12-13,19-20H2,2H3. The summed E-state index contributed by atoms with van der Waals surface area (Å²) in [6.45, 7) is 5.03. The van der Waals surface area contributed by atoms with Crippen LogP contribution in [0.3, 0.4) is 0 Å². The number of rotatable bonds is 12. The molecule has 0 unspecified atom stereocenters. The Morgan fingerprint density at radius 2 is 1.82 bits per heavy atom. The van der Waals surface area contributed by atoms with Crippen LogP contribution in [-0.4, -0.2) is 32.1 Å². The smallest absolute Gasteiger partial charge is 0.330 e. The summed E-state index contributed by atoms with van der Waals surface area (Å²) >= 11 is 0. The van der Waals surface area contributed by atoms with Crippen molar-refractivity contribution in [3.8, 4) is 11.5 Å². The highest BCUT2D eigenvalue weighted by Crippen LogP contribution is 2.33. The second kappa shape index (κ2) is 12.6. The number of hydrogen-bond donors (Lipinski definition) is 0. The summed E-state index contributed by atoms with van der Waals surface area (Å²) in [6.07, 6.45) is 10.8. The maximum absolute atomic E-state index is 12.3. The molecular weight excluding hydrogens is 416 g/mol. The van der Waals surface area contributed by atoms with E-state index < -0.39 is 5.97 Å². The van der Waals surface area contributed by atoms with Crippen molar-refractivity contribution < 1.29 is 23.8 Å². The van der Waals surface area contributed by atoms with Gasteiger partial charge in [0.2, 0.25) is 0 Å². The van der Waals surface area contributed by atoms with E-state index in [1.165, 1.54) is 13.2 Å². The quantitative estimate of drug-likeness (QED) is 0.179. The highest BCUT2D eigenvalue weighted by molar-refractivity contribution is 5.99. The van der Waals surface area contributed by atoms with E-state index in [9.17, 15) is 9.59 Å². The maximum Gasteiger partial charge on any atom is 0.330 e. The Bertz CT molecular complexity index is 1010. The number of ether oxygens (including phenoxy) is 3. The van der Waals surface area contributed by atoms with Gasteiger partial charge in [-0.2, -0.15) is 0 Å². The van der Waals surface area contributed by atoms with Crippen molar-refractivity contribution in [2.45, 2.75) is 44.9 Å². The van der Waals surface area contributed by atoms with Crippen LogP contribution in [0.25, 0.3) is 6.08 Å². The third-order valence-electron chi connectivity index (χ3n) is 5.65. The molecule has 0 bridgehead atoms. The molecule has 0 aliphatic heterocycles. The highest BCUT2D eigenvalue weighted by Gasteiger charge is 2.22. The highest BCUT2D eigenvalue weighted by atomic mass is 16.5. The summed E-state index contributed by atoms with van der Waals surface area (Å²) in [5.74, 6) is 1.43. The van der Waals surface area contributed by atoms with Crippen LogP contribution in [-0.2, 0) is 22.4 Å². The summed E-state index contributed by atoms with van der Waals surface area (Å²) in [4.78, 5) is 23.6. The van der Waals surface area contributed by atoms with Gasteiger partial charge in [-0.05, 0) is 56.2 Å². The van der Waals surface area contributed by atoms with E-state index in [0.717, 1.165) is 72.3 Å². The molecule has 0 N–H and O–H groups in total. The molecule has 33 heavy (non-hydrogen) atoms. The summed E-state index contributed by atoms with van der Waals surface area (Å²) in [5.41, 5.74) is 3.81. The molecule has 3 rings (SSSR count). The maximum atomic E-state index is 12.3. The van der Waals surface area contributed by atoms with Gasteiger partial charge in [0.05, 0.1) is 20.3 Å². The van der Waals surface area contributed by atoms with Gasteiger partial charge in [0, 0.05) is 29.2 Å². The van der Waals surface area contributed by atoms with Crippen molar-refractivity contribution in [3.05, 3.63) is 77.4 Å². The third-order valence-corrected chi connectivity index (χ3v) is 5.65. The molecule has 0 saturated carbocycles. The summed E-state index contributed by atoms with van der Waals surface area (Å²) in [6, 6.07) is 11.5. The molecule has 5 heteroatoms. The summed E-state index contributed by atoms with van der Waals surface area (Å²) in [7, 11) is 1.35. The van der Waals surface area contributed by atoms with Gasteiger partial charge in [-0.1, -0.05) is 36.4 Å². The fraction of sp³-hybridized carbons (Fsp3) is 0.357. The number of Topliss-reactive ketones (excluding diaryl/α,β-unsaturated/α-hetero) is 1. The number of methoxy groups -OCH3 is 1. The zero-order valence-electron chi connectivity index (χ0n) is 19.3. The Balaban J connectivity index is 1.47. The van der Waals surface area contributed by atoms with Crippen molar-refractivity contribution in [2.24, 2.45) is 0 Å². The number of unbranched alkanes of at least 4 members (excludes halogenated alkanes) is 2. The fourth-order valence-corrected chi connectivity index (χ4v) is 3.96. The van der Waals surface area contributed by atoms with E-state index in [2.05, 4.69) is 11.3 Å². The Morgan fingerprint density at radius 1 is 1.03 bits per heavy atom. The largest absolute Gasteiger partial charge is 0.493 e. The number of ketones is 1. The molecule has 0 fully saturated rings. The van der Waals surface area contributed by atoms with Crippen molar-refractivity contribution in [2.75, 3.05) is 20.3 Å². The molecule has 0 atom stereocenters. The lowest BCUT2D eigenvalue weighted by molar-refractivity contribution is -0.134. The van der Waals surface area contributed by atoms with Crippen molar-refractivity contribution in [1.29, 1.82) is 0 Å². The first-order valence-electron chi connectivity index (χ1n) is 11.5. The molecule has 0 amide bonds. The van der Waals surface area contributed by atoms with Gasteiger partial charge in [0.1, 0.15) is 11.5 Å². The third kappa shape index (κ3) is 6.82. The number of hydrogen-bond acceptors (Lipinski definition) is 5. The van der Waals surface area contributed by atoms with Crippen molar-refractivity contribution in [1.82, 2.24) is 0 Å². The van der Waals surface area contributed by atoms with Crippen molar-refractivity contribution in [3.63, 3.8) is 0 Å². The lowest BCUT2D eigenvalue weighted by atomic mass is 9.88. The van der Waals surface area contributed by atoms with Gasteiger partial charge >= 0.3 is 5.97 Å². The SMILES string of the molecule is C=CCc1ccc2c(c1OCCCCCOc1ccccc1C=CC(=O)OC)CCCC2=O. The zero-order chi connectivity index (χ0) is 23.5. The van der Waals surface area contributed by atoms with Crippen LogP contribution < -0.4 is 9.47 Å². The average molecular weight is 449 g/mol.